The quantitative estimate of drug-likeness (QED) is 0.698. The molecule has 0 aliphatic heterocycles. The lowest BCUT2D eigenvalue weighted by atomic mass is 9.96. The number of aromatic amines is 1. The fourth-order valence-corrected chi connectivity index (χ4v) is 1.96. The molecule has 20 heavy (non-hydrogen) atoms. The Kier molecular flexibility index (Phi) is 4.04. The Balaban J connectivity index is 2.42. The molecule has 1 aromatic heterocycles. The van der Waals surface area contributed by atoms with Crippen LogP contribution < -0.4 is 4.74 Å². The first-order valence-electron chi connectivity index (χ1n) is 6.29. The SMILES string of the molecule is COc1ccccc1/C=N\n1c(C(C)(C)C)n[nH]c1=S. The Morgan fingerprint density at radius 1 is 1.35 bits per heavy atom. The first kappa shape index (κ1) is 14.5. The van der Waals surface area contributed by atoms with E-state index in [1.165, 1.54) is 0 Å². The van der Waals surface area contributed by atoms with Gasteiger partial charge in [0, 0.05) is 11.0 Å². The number of rotatable bonds is 3. The van der Waals surface area contributed by atoms with Crippen LogP contribution in [0.4, 0.5) is 0 Å². The van der Waals surface area contributed by atoms with Gasteiger partial charge in [-0.25, -0.2) is 0 Å². The largest absolute Gasteiger partial charge is 0.496 e. The molecule has 0 spiro atoms. The summed E-state index contributed by atoms with van der Waals surface area (Å²) < 4.78 is 7.41. The number of benzene rings is 1. The zero-order valence-corrected chi connectivity index (χ0v) is 12.9. The maximum atomic E-state index is 5.29. The molecule has 0 amide bonds. The minimum Gasteiger partial charge on any atom is -0.496 e. The summed E-state index contributed by atoms with van der Waals surface area (Å²) in [6.07, 6.45) is 1.72. The van der Waals surface area contributed by atoms with E-state index in [2.05, 4.69) is 36.1 Å². The Morgan fingerprint density at radius 3 is 2.70 bits per heavy atom. The number of para-hydroxylation sites is 1. The van der Waals surface area contributed by atoms with E-state index in [1.807, 2.05) is 24.3 Å². The van der Waals surface area contributed by atoms with Crippen LogP contribution in [-0.2, 0) is 5.41 Å². The first-order valence-corrected chi connectivity index (χ1v) is 6.69. The molecule has 1 aromatic carbocycles. The van der Waals surface area contributed by atoms with E-state index in [-0.39, 0.29) is 5.41 Å². The standard InChI is InChI=1S/C14H18N4OS/c1-14(2,3)12-16-17-13(20)18(12)15-9-10-7-5-6-8-11(10)19-4/h5-9H,1-4H3,(H,17,20)/b15-9-. The van der Waals surface area contributed by atoms with Crippen molar-refractivity contribution in [3.8, 4) is 5.75 Å². The molecular formula is C14H18N4OS. The van der Waals surface area contributed by atoms with Gasteiger partial charge in [-0.15, -0.1) is 0 Å². The third-order valence-corrected chi connectivity index (χ3v) is 3.04. The number of hydrogen-bond acceptors (Lipinski definition) is 4. The minimum absolute atomic E-state index is 0.147. The highest BCUT2D eigenvalue weighted by Gasteiger charge is 2.21. The predicted octanol–water partition coefficient (Wildman–Crippen LogP) is 3.13. The van der Waals surface area contributed by atoms with Crippen LogP contribution in [0.5, 0.6) is 5.75 Å². The molecule has 0 aliphatic rings. The molecule has 0 saturated carbocycles. The molecule has 0 aliphatic carbocycles. The number of H-pyrrole nitrogens is 1. The number of ether oxygens (including phenoxy) is 1. The van der Waals surface area contributed by atoms with Gasteiger partial charge < -0.3 is 4.74 Å². The molecule has 0 saturated heterocycles. The van der Waals surface area contributed by atoms with Crippen LogP contribution >= 0.6 is 12.2 Å². The highest BCUT2D eigenvalue weighted by Crippen LogP contribution is 2.20. The molecule has 0 fully saturated rings. The maximum Gasteiger partial charge on any atom is 0.216 e. The minimum atomic E-state index is -0.147. The number of nitrogens with zero attached hydrogens (tertiary/aromatic N) is 3. The van der Waals surface area contributed by atoms with Crippen molar-refractivity contribution in [2.45, 2.75) is 26.2 Å². The van der Waals surface area contributed by atoms with Crippen molar-refractivity contribution in [1.29, 1.82) is 0 Å². The molecule has 2 aromatic rings. The van der Waals surface area contributed by atoms with Crippen LogP contribution in [0.2, 0.25) is 0 Å². The molecule has 0 bridgehead atoms. The Hall–Kier alpha value is -1.95. The third kappa shape index (κ3) is 2.96. The zero-order valence-electron chi connectivity index (χ0n) is 12.0. The zero-order chi connectivity index (χ0) is 14.8. The molecule has 0 unspecified atom stereocenters. The van der Waals surface area contributed by atoms with Crippen molar-refractivity contribution < 1.29 is 4.74 Å². The highest BCUT2D eigenvalue weighted by atomic mass is 32.1. The molecule has 1 heterocycles. The van der Waals surface area contributed by atoms with E-state index in [0.717, 1.165) is 17.1 Å². The molecule has 0 radical (unpaired) electrons. The van der Waals surface area contributed by atoms with E-state index in [1.54, 1.807) is 18.0 Å². The summed E-state index contributed by atoms with van der Waals surface area (Å²) in [7, 11) is 1.64. The van der Waals surface area contributed by atoms with Crippen molar-refractivity contribution in [2.75, 3.05) is 7.11 Å². The van der Waals surface area contributed by atoms with Crippen LogP contribution in [0.25, 0.3) is 0 Å². The number of methoxy groups -OCH3 is 1. The molecule has 6 heteroatoms. The number of aromatic nitrogens is 3. The van der Waals surface area contributed by atoms with Gasteiger partial charge in [0.15, 0.2) is 5.82 Å². The monoisotopic (exact) mass is 290 g/mol. The van der Waals surface area contributed by atoms with Crippen LogP contribution in [0.1, 0.15) is 32.2 Å². The normalized spacial score (nSPS) is 12.0. The van der Waals surface area contributed by atoms with Gasteiger partial charge in [-0.3, -0.25) is 5.10 Å². The van der Waals surface area contributed by atoms with Crippen LogP contribution in [0.3, 0.4) is 0 Å². The van der Waals surface area contributed by atoms with Gasteiger partial charge in [0.1, 0.15) is 5.75 Å². The van der Waals surface area contributed by atoms with Crippen LogP contribution in [0.15, 0.2) is 29.4 Å². The molecular weight excluding hydrogens is 272 g/mol. The van der Waals surface area contributed by atoms with Crippen molar-refractivity contribution in [3.05, 3.63) is 40.4 Å². The summed E-state index contributed by atoms with van der Waals surface area (Å²) in [6, 6.07) is 7.67. The summed E-state index contributed by atoms with van der Waals surface area (Å²) in [5.74, 6) is 1.55. The molecule has 106 valence electrons. The maximum absolute atomic E-state index is 5.29. The smallest absolute Gasteiger partial charge is 0.216 e. The summed E-state index contributed by atoms with van der Waals surface area (Å²) in [6.45, 7) is 6.19. The lowest BCUT2D eigenvalue weighted by molar-refractivity contribution is 0.414. The van der Waals surface area contributed by atoms with Gasteiger partial charge in [0.05, 0.1) is 13.3 Å². The van der Waals surface area contributed by atoms with Crippen molar-refractivity contribution >= 4 is 18.4 Å². The van der Waals surface area contributed by atoms with Gasteiger partial charge >= 0.3 is 0 Å². The van der Waals surface area contributed by atoms with Crippen molar-refractivity contribution in [2.24, 2.45) is 5.10 Å². The fraction of sp³-hybridized carbons (Fsp3) is 0.357. The summed E-state index contributed by atoms with van der Waals surface area (Å²) in [5, 5.41) is 11.4. The summed E-state index contributed by atoms with van der Waals surface area (Å²) in [5.41, 5.74) is 0.740. The average Bonchev–Trinajstić information content (AvgIpc) is 2.78. The Morgan fingerprint density at radius 2 is 2.05 bits per heavy atom. The molecule has 0 atom stereocenters. The van der Waals surface area contributed by atoms with Gasteiger partial charge in [-0.1, -0.05) is 32.9 Å². The lowest BCUT2D eigenvalue weighted by Gasteiger charge is -2.15. The summed E-state index contributed by atoms with van der Waals surface area (Å²) in [4.78, 5) is 0. The second-order valence-electron chi connectivity index (χ2n) is 5.40. The van der Waals surface area contributed by atoms with Gasteiger partial charge in [0.25, 0.3) is 0 Å². The van der Waals surface area contributed by atoms with E-state index >= 15 is 0 Å². The highest BCUT2D eigenvalue weighted by molar-refractivity contribution is 7.71. The van der Waals surface area contributed by atoms with Gasteiger partial charge in [0.2, 0.25) is 4.77 Å². The molecule has 2 rings (SSSR count). The lowest BCUT2D eigenvalue weighted by Crippen LogP contribution is -2.17. The second-order valence-corrected chi connectivity index (χ2v) is 5.79. The summed E-state index contributed by atoms with van der Waals surface area (Å²) >= 11 is 5.22. The average molecular weight is 290 g/mol. The van der Waals surface area contributed by atoms with Gasteiger partial charge in [-0.05, 0) is 24.4 Å². The Bertz CT molecular complexity index is 679. The van der Waals surface area contributed by atoms with Crippen LogP contribution in [0, 0.1) is 4.77 Å². The topological polar surface area (TPSA) is 55.2 Å². The molecule has 1 N–H and O–H groups in total. The predicted molar refractivity (Wildman–Crippen MR) is 82.1 cm³/mol. The van der Waals surface area contributed by atoms with E-state index in [0.29, 0.717) is 4.77 Å². The van der Waals surface area contributed by atoms with Crippen LogP contribution in [-0.4, -0.2) is 28.2 Å². The third-order valence-electron chi connectivity index (χ3n) is 2.77. The van der Waals surface area contributed by atoms with E-state index < -0.39 is 0 Å². The number of hydrogen-bond donors (Lipinski definition) is 1. The van der Waals surface area contributed by atoms with Crippen molar-refractivity contribution in [1.82, 2.24) is 14.9 Å². The number of nitrogens with one attached hydrogen (secondary N) is 1. The molecule has 5 nitrogen and oxygen atoms in total. The van der Waals surface area contributed by atoms with E-state index in [9.17, 15) is 0 Å². The first-order chi connectivity index (χ1) is 9.43. The van der Waals surface area contributed by atoms with E-state index in [4.69, 9.17) is 17.0 Å². The van der Waals surface area contributed by atoms with Crippen molar-refractivity contribution in [3.63, 3.8) is 0 Å². The fourth-order valence-electron chi connectivity index (χ4n) is 1.78. The second kappa shape index (κ2) is 5.58. The van der Waals surface area contributed by atoms with Gasteiger partial charge in [-0.2, -0.15) is 14.9 Å². The Labute approximate surface area is 123 Å².